The van der Waals surface area contributed by atoms with E-state index in [4.69, 9.17) is 11.6 Å². The third-order valence-corrected chi connectivity index (χ3v) is 6.59. The molecule has 0 N–H and O–H groups in total. The molecule has 2 aliphatic heterocycles. The summed E-state index contributed by atoms with van der Waals surface area (Å²) in [6.07, 6.45) is 2.34. The summed E-state index contributed by atoms with van der Waals surface area (Å²) >= 11 is 7.90. The summed E-state index contributed by atoms with van der Waals surface area (Å²) in [7, 11) is 0. The molecule has 0 radical (unpaired) electrons. The quantitative estimate of drug-likeness (QED) is 0.793. The molecule has 0 saturated carbocycles. The van der Waals surface area contributed by atoms with Gasteiger partial charge in [-0.2, -0.15) is 0 Å². The maximum absolute atomic E-state index is 12.8. The van der Waals surface area contributed by atoms with E-state index in [1.165, 1.54) is 11.3 Å². The van der Waals surface area contributed by atoms with Crippen LogP contribution in [0.15, 0.2) is 41.8 Å². The summed E-state index contributed by atoms with van der Waals surface area (Å²) in [6, 6.07) is 12.7. The summed E-state index contributed by atoms with van der Waals surface area (Å²) in [5.74, 6) is 0.263. The first-order valence-electron chi connectivity index (χ1n) is 9.26. The van der Waals surface area contributed by atoms with Crippen LogP contribution in [0, 0.1) is 0 Å². The number of hydrogen-bond acceptors (Lipinski definition) is 4. The molecule has 0 bridgehead atoms. The van der Waals surface area contributed by atoms with Crippen LogP contribution < -0.4 is 4.90 Å². The van der Waals surface area contributed by atoms with Crippen molar-refractivity contribution in [3.8, 4) is 0 Å². The number of anilines is 1. The van der Waals surface area contributed by atoms with Crippen LogP contribution >= 0.6 is 22.9 Å². The van der Waals surface area contributed by atoms with E-state index in [-0.39, 0.29) is 5.91 Å². The van der Waals surface area contributed by atoms with Crippen molar-refractivity contribution in [3.05, 3.63) is 51.7 Å². The molecule has 6 heteroatoms. The van der Waals surface area contributed by atoms with E-state index in [0.717, 1.165) is 49.9 Å². The molecule has 0 spiro atoms. The predicted molar refractivity (Wildman–Crippen MR) is 108 cm³/mol. The minimum atomic E-state index is 0.263. The molecule has 1 amide bonds. The van der Waals surface area contributed by atoms with E-state index < -0.39 is 0 Å². The summed E-state index contributed by atoms with van der Waals surface area (Å²) in [6.45, 7) is 4.85. The minimum absolute atomic E-state index is 0.263. The zero-order valence-corrected chi connectivity index (χ0v) is 16.4. The first-order valence-corrected chi connectivity index (χ1v) is 10.5. The van der Waals surface area contributed by atoms with Gasteiger partial charge in [-0.25, -0.2) is 0 Å². The van der Waals surface area contributed by atoms with Crippen molar-refractivity contribution in [3.63, 3.8) is 0 Å². The molecule has 4 rings (SSSR count). The Morgan fingerprint density at radius 2 is 1.96 bits per heavy atom. The Balaban J connectivity index is 1.32. The van der Waals surface area contributed by atoms with Gasteiger partial charge in [-0.3, -0.25) is 9.69 Å². The van der Waals surface area contributed by atoms with Crippen molar-refractivity contribution in [2.75, 3.05) is 44.2 Å². The van der Waals surface area contributed by atoms with Crippen LogP contribution in [0.25, 0.3) is 0 Å². The number of carbonyl (C=O) groups is 1. The van der Waals surface area contributed by atoms with E-state index in [9.17, 15) is 4.79 Å². The molecule has 0 aliphatic carbocycles. The maximum Gasteiger partial charge on any atom is 0.236 e. The van der Waals surface area contributed by atoms with Gasteiger partial charge in [0.15, 0.2) is 0 Å². The highest BCUT2D eigenvalue weighted by atomic mass is 35.5. The van der Waals surface area contributed by atoms with Gasteiger partial charge in [0.1, 0.15) is 0 Å². The molecule has 26 heavy (non-hydrogen) atoms. The summed E-state index contributed by atoms with van der Waals surface area (Å²) in [5.41, 5.74) is 1.14. The normalized spacial score (nSPS) is 21.3. The molecule has 1 aromatic carbocycles. The SMILES string of the molecule is O=C(CN1CCC[C@H]1c1cccs1)N1CCN(c2cccc(Cl)c2)CC1. The van der Waals surface area contributed by atoms with Crippen LogP contribution in [-0.2, 0) is 4.79 Å². The fraction of sp³-hybridized carbons (Fsp3) is 0.450. The van der Waals surface area contributed by atoms with E-state index in [2.05, 4.69) is 33.4 Å². The van der Waals surface area contributed by atoms with Crippen LogP contribution in [-0.4, -0.2) is 55.0 Å². The lowest BCUT2D eigenvalue weighted by Gasteiger charge is -2.37. The highest BCUT2D eigenvalue weighted by Crippen LogP contribution is 2.34. The van der Waals surface area contributed by atoms with Crippen LogP contribution in [0.5, 0.6) is 0 Å². The molecular weight excluding hydrogens is 366 g/mol. The second-order valence-electron chi connectivity index (χ2n) is 6.99. The molecule has 3 heterocycles. The first kappa shape index (κ1) is 17.8. The molecule has 2 fully saturated rings. The van der Waals surface area contributed by atoms with Crippen molar-refractivity contribution in [2.45, 2.75) is 18.9 Å². The van der Waals surface area contributed by atoms with Gasteiger partial charge >= 0.3 is 0 Å². The third-order valence-electron chi connectivity index (χ3n) is 5.38. The average molecular weight is 390 g/mol. The van der Waals surface area contributed by atoms with Crippen molar-refractivity contribution in [2.24, 2.45) is 0 Å². The highest BCUT2D eigenvalue weighted by molar-refractivity contribution is 7.10. The van der Waals surface area contributed by atoms with Crippen LogP contribution in [0.4, 0.5) is 5.69 Å². The zero-order chi connectivity index (χ0) is 17.9. The maximum atomic E-state index is 12.8. The Morgan fingerprint density at radius 3 is 2.69 bits per heavy atom. The number of likely N-dealkylation sites (tertiary alicyclic amines) is 1. The molecule has 2 aromatic rings. The van der Waals surface area contributed by atoms with Gasteiger partial charge in [0, 0.05) is 47.8 Å². The number of nitrogens with zero attached hydrogens (tertiary/aromatic N) is 3. The molecule has 2 aliphatic rings. The Kier molecular flexibility index (Phi) is 5.48. The van der Waals surface area contributed by atoms with E-state index >= 15 is 0 Å². The first-order chi connectivity index (χ1) is 12.7. The largest absolute Gasteiger partial charge is 0.368 e. The summed E-state index contributed by atoms with van der Waals surface area (Å²) < 4.78 is 0. The van der Waals surface area contributed by atoms with Gasteiger partial charge < -0.3 is 9.80 Å². The summed E-state index contributed by atoms with van der Waals surface area (Å²) in [5, 5.41) is 2.89. The third kappa shape index (κ3) is 3.90. The topological polar surface area (TPSA) is 26.8 Å². The van der Waals surface area contributed by atoms with Gasteiger partial charge in [-0.15, -0.1) is 11.3 Å². The molecule has 1 aromatic heterocycles. The molecular formula is C20H24ClN3OS. The Labute approximate surface area is 164 Å². The number of amides is 1. The Hall–Kier alpha value is -1.56. The molecule has 2 saturated heterocycles. The number of halogens is 1. The van der Waals surface area contributed by atoms with Gasteiger partial charge in [-0.1, -0.05) is 23.7 Å². The van der Waals surface area contributed by atoms with Crippen molar-refractivity contribution < 1.29 is 4.79 Å². The number of piperazine rings is 1. The number of carbonyl (C=O) groups excluding carboxylic acids is 1. The highest BCUT2D eigenvalue weighted by Gasteiger charge is 2.30. The molecule has 0 unspecified atom stereocenters. The van der Waals surface area contributed by atoms with E-state index in [1.807, 2.05) is 23.1 Å². The number of rotatable bonds is 4. The molecule has 4 nitrogen and oxygen atoms in total. The van der Waals surface area contributed by atoms with Gasteiger partial charge in [0.2, 0.25) is 5.91 Å². The second-order valence-corrected chi connectivity index (χ2v) is 8.41. The predicted octanol–water partition coefficient (Wildman–Crippen LogP) is 3.89. The van der Waals surface area contributed by atoms with Gasteiger partial charge in [0.25, 0.3) is 0 Å². The Bertz CT molecular complexity index is 743. The molecule has 1 atom stereocenters. The fourth-order valence-electron chi connectivity index (χ4n) is 3.98. The Morgan fingerprint density at radius 1 is 1.12 bits per heavy atom. The van der Waals surface area contributed by atoms with Gasteiger partial charge in [-0.05, 0) is 49.0 Å². The fourth-order valence-corrected chi connectivity index (χ4v) is 5.06. The minimum Gasteiger partial charge on any atom is -0.368 e. The van der Waals surface area contributed by atoms with E-state index in [1.54, 1.807) is 11.3 Å². The zero-order valence-electron chi connectivity index (χ0n) is 14.8. The summed E-state index contributed by atoms with van der Waals surface area (Å²) in [4.78, 5) is 20.9. The lowest BCUT2D eigenvalue weighted by Crippen LogP contribution is -2.51. The lowest BCUT2D eigenvalue weighted by molar-refractivity contribution is -0.133. The van der Waals surface area contributed by atoms with Crippen LogP contribution in [0.2, 0.25) is 5.02 Å². The van der Waals surface area contributed by atoms with Crippen molar-refractivity contribution >= 4 is 34.5 Å². The average Bonchev–Trinajstić information content (AvgIpc) is 3.33. The molecule has 138 valence electrons. The van der Waals surface area contributed by atoms with Crippen molar-refractivity contribution in [1.82, 2.24) is 9.80 Å². The lowest BCUT2D eigenvalue weighted by atomic mass is 10.2. The van der Waals surface area contributed by atoms with Crippen molar-refractivity contribution in [1.29, 1.82) is 0 Å². The van der Waals surface area contributed by atoms with E-state index in [0.29, 0.717) is 12.6 Å². The number of hydrogen-bond donors (Lipinski definition) is 0. The second kappa shape index (κ2) is 7.99. The van der Waals surface area contributed by atoms with Crippen LogP contribution in [0.3, 0.4) is 0 Å². The monoisotopic (exact) mass is 389 g/mol. The number of benzene rings is 1. The number of thiophene rings is 1. The van der Waals surface area contributed by atoms with Gasteiger partial charge in [0.05, 0.1) is 6.54 Å². The standard InChI is InChI=1S/C20H24ClN3OS/c21-16-4-1-5-17(14-16)22-9-11-23(12-10-22)20(25)15-24-8-2-6-18(24)19-7-3-13-26-19/h1,3-5,7,13-14,18H,2,6,8-12,15H2/t18-/m0/s1. The van der Waals surface area contributed by atoms with Crippen LogP contribution in [0.1, 0.15) is 23.8 Å². The smallest absolute Gasteiger partial charge is 0.236 e.